The summed E-state index contributed by atoms with van der Waals surface area (Å²) in [5.41, 5.74) is 1.03. The summed E-state index contributed by atoms with van der Waals surface area (Å²) in [5.74, 6) is 0. The maximum absolute atomic E-state index is 10.6. The lowest BCUT2D eigenvalue weighted by Gasteiger charge is -2.34. The molecular formula is C16H27NO. The second-order valence-electron chi connectivity index (χ2n) is 4.87. The molecule has 102 valence electrons. The minimum Gasteiger partial charge on any atom is -0.387 e. The Balaban J connectivity index is 2.79. The molecule has 1 aromatic rings. The fourth-order valence-electron chi connectivity index (χ4n) is 2.57. The van der Waals surface area contributed by atoms with Gasteiger partial charge in [-0.05, 0) is 37.9 Å². The van der Waals surface area contributed by atoms with Crippen molar-refractivity contribution < 1.29 is 5.11 Å². The minimum atomic E-state index is -0.380. The van der Waals surface area contributed by atoms with E-state index in [-0.39, 0.29) is 12.1 Å². The average molecular weight is 249 g/mol. The van der Waals surface area contributed by atoms with Crippen LogP contribution in [0.25, 0.3) is 0 Å². The van der Waals surface area contributed by atoms with Crippen LogP contribution in [-0.2, 0) is 0 Å². The van der Waals surface area contributed by atoms with Crippen molar-refractivity contribution in [2.75, 3.05) is 13.1 Å². The van der Waals surface area contributed by atoms with Crippen LogP contribution in [0.1, 0.15) is 51.7 Å². The van der Waals surface area contributed by atoms with E-state index in [0.29, 0.717) is 0 Å². The molecule has 2 unspecified atom stereocenters. The lowest BCUT2D eigenvalue weighted by Crippen LogP contribution is -2.40. The van der Waals surface area contributed by atoms with Gasteiger partial charge in [0.05, 0.1) is 6.10 Å². The zero-order valence-corrected chi connectivity index (χ0v) is 12.0. The smallest absolute Gasteiger partial charge is 0.0945 e. The fourth-order valence-corrected chi connectivity index (χ4v) is 2.57. The summed E-state index contributed by atoms with van der Waals surface area (Å²) in [7, 11) is 0. The number of nitrogens with zero attached hydrogens (tertiary/aromatic N) is 1. The van der Waals surface area contributed by atoms with Gasteiger partial charge in [-0.2, -0.15) is 0 Å². The van der Waals surface area contributed by atoms with Crippen molar-refractivity contribution in [1.82, 2.24) is 4.90 Å². The van der Waals surface area contributed by atoms with Gasteiger partial charge in [0, 0.05) is 6.04 Å². The molecule has 0 bridgehead atoms. The zero-order valence-electron chi connectivity index (χ0n) is 12.0. The van der Waals surface area contributed by atoms with Crippen LogP contribution in [0.2, 0.25) is 0 Å². The Hall–Kier alpha value is -0.860. The summed E-state index contributed by atoms with van der Waals surface area (Å²) in [4.78, 5) is 2.43. The Morgan fingerprint density at radius 1 is 1.00 bits per heavy atom. The summed E-state index contributed by atoms with van der Waals surface area (Å²) in [6.07, 6.45) is 2.88. The minimum absolute atomic E-state index is 0.229. The third-order valence-corrected chi connectivity index (χ3v) is 3.41. The van der Waals surface area contributed by atoms with Crippen LogP contribution in [0.3, 0.4) is 0 Å². The van der Waals surface area contributed by atoms with E-state index >= 15 is 0 Å². The summed E-state index contributed by atoms with van der Waals surface area (Å²) >= 11 is 0. The van der Waals surface area contributed by atoms with Crippen molar-refractivity contribution in [2.45, 2.75) is 52.2 Å². The molecule has 0 aliphatic rings. The van der Waals surface area contributed by atoms with E-state index < -0.39 is 0 Å². The number of aliphatic hydroxyl groups excluding tert-OH is 1. The molecule has 0 radical (unpaired) electrons. The first-order chi connectivity index (χ1) is 8.74. The molecule has 0 amide bonds. The average Bonchev–Trinajstić information content (AvgIpc) is 2.41. The SMILES string of the molecule is CCCN(CCC)C(CC)C(O)c1ccccc1. The van der Waals surface area contributed by atoms with Gasteiger partial charge in [-0.1, -0.05) is 51.1 Å². The molecule has 0 saturated carbocycles. The second-order valence-corrected chi connectivity index (χ2v) is 4.87. The van der Waals surface area contributed by atoms with E-state index in [0.717, 1.165) is 37.9 Å². The van der Waals surface area contributed by atoms with Crippen molar-refractivity contribution in [3.05, 3.63) is 35.9 Å². The molecule has 0 fully saturated rings. The molecule has 18 heavy (non-hydrogen) atoms. The highest BCUT2D eigenvalue weighted by Crippen LogP contribution is 2.23. The number of hydrogen-bond donors (Lipinski definition) is 1. The van der Waals surface area contributed by atoms with Gasteiger partial charge < -0.3 is 5.11 Å². The van der Waals surface area contributed by atoms with Crippen LogP contribution in [0.15, 0.2) is 30.3 Å². The highest BCUT2D eigenvalue weighted by Gasteiger charge is 2.24. The standard InChI is InChI=1S/C16H27NO/c1-4-12-17(13-5-2)15(6-3)16(18)14-10-8-7-9-11-14/h7-11,15-16,18H,4-6,12-13H2,1-3H3. The molecule has 0 saturated heterocycles. The topological polar surface area (TPSA) is 23.5 Å². The van der Waals surface area contributed by atoms with Crippen molar-refractivity contribution in [3.63, 3.8) is 0 Å². The molecule has 1 rings (SSSR count). The van der Waals surface area contributed by atoms with Crippen LogP contribution in [0.4, 0.5) is 0 Å². The molecule has 1 aromatic carbocycles. The maximum atomic E-state index is 10.6. The van der Waals surface area contributed by atoms with Crippen LogP contribution in [0.5, 0.6) is 0 Å². The van der Waals surface area contributed by atoms with Crippen LogP contribution >= 0.6 is 0 Å². The highest BCUT2D eigenvalue weighted by atomic mass is 16.3. The van der Waals surface area contributed by atoms with Gasteiger partial charge in [0.15, 0.2) is 0 Å². The van der Waals surface area contributed by atoms with Gasteiger partial charge in [-0.3, -0.25) is 4.90 Å². The molecule has 2 nitrogen and oxygen atoms in total. The number of benzene rings is 1. The van der Waals surface area contributed by atoms with E-state index in [2.05, 4.69) is 25.7 Å². The normalized spacial score (nSPS) is 14.7. The third-order valence-electron chi connectivity index (χ3n) is 3.41. The van der Waals surface area contributed by atoms with E-state index in [4.69, 9.17) is 0 Å². The Bertz CT molecular complexity index is 306. The zero-order chi connectivity index (χ0) is 13.4. The van der Waals surface area contributed by atoms with Gasteiger partial charge >= 0.3 is 0 Å². The largest absolute Gasteiger partial charge is 0.387 e. The molecule has 2 heteroatoms. The van der Waals surface area contributed by atoms with Crippen molar-refractivity contribution in [1.29, 1.82) is 0 Å². The molecule has 0 heterocycles. The predicted octanol–water partition coefficient (Wildman–Crippen LogP) is 3.62. The first-order valence-corrected chi connectivity index (χ1v) is 7.21. The fraction of sp³-hybridized carbons (Fsp3) is 0.625. The summed E-state index contributed by atoms with van der Waals surface area (Å²) < 4.78 is 0. The van der Waals surface area contributed by atoms with E-state index in [1.807, 2.05) is 30.3 Å². The molecule has 0 aliphatic heterocycles. The van der Waals surface area contributed by atoms with E-state index in [1.54, 1.807) is 0 Å². The Labute approximate surface area is 112 Å². The lowest BCUT2D eigenvalue weighted by molar-refractivity contribution is 0.0453. The van der Waals surface area contributed by atoms with Gasteiger partial charge in [0.1, 0.15) is 0 Å². The molecule has 0 spiro atoms. The number of rotatable bonds is 8. The quantitative estimate of drug-likeness (QED) is 0.760. The Kier molecular flexibility index (Phi) is 6.99. The molecular weight excluding hydrogens is 222 g/mol. The monoisotopic (exact) mass is 249 g/mol. The highest BCUT2D eigenvalue weighted by molar-refractivity contribution is 5.18. The van der Waals surface area contributed by atoms with E-state index in [1.165, 1.54) is 0 Å². The third kappa shape index (κ3) is 4.11. The Morgan fingerprint density at radius 3 is 2.00 bits per heavy atom. The summed E-state index contributed by atoms with van der Waals surface area (Å²) in [6, 6.07) is 10.2. The predicted molar refractivity (Wildman–Crippen MR) is 77.6 cm³/mol. The van der Waals surface area contributed by atoms with Crippen molar-refractivity contribution in [3.8, 4) is 0 Å². The molecule has 1 N–H and O–H groups in total. The van der Waals surface area contributed by atoms with Gasteiger partial charge in [-0.25, -0.2) is 0 Å². The van der Waals surface area contributed by atoms with Crippen LogP contribution < -0.4 is 0 Å². The maximum Gasteiger partial charge on any atom is 0.0945 e. The van der Waals surface area contributed by atoms with Gasteiger partial charge in [0.2, 0.25) is 0 Å². The van der Waals surface area contributed by atoms with Crippen LogP contribution in [-0.4, -0.2) is 29.1 Å². The molecule has 0 aromatic heterocycles. The first-order valence-electron chi connectivity index (χ1n) is 7.21. The van der Waals surface area contributed by atoms with Crippen LogP contribution in [0, 0.1) is 0 Å². The van der Waals surface area contributed by atoms with E-state index in [9.17, 15) is 5.11 Å². The number of hydrogen-bond acceptors (Lipinski definition) is 2. The van der Waals surface area contributed by atoms with Gasteiger partial charge in [0.25, 0.3) is 0 Å². The lowest BCUT2D eigenvalue weighted by atomic mass is 9.98. The van der Waals surface area contributed by atoms with Crippen molar-refractivity contribution >= 4 is 0 Å². The van der Waals surface area contributed by atoms with Gasteiger partial charge in [-0.15, -0.1) is 0 Å². The Morgan fingerprint density at radius 2 is 1.56 bits per heavy atom. The molecule has 2 atom stereocenters. The molecule has 0 aliphatic carbocycles. The summed E-state index contributed by atoms with van der Waals surface area (Å²) in [5, 5.41) is 10.6. The number of aliphatic hydroxyl groups is 1. The van der Waals surface area contributed by atoms with Crippen molar-refractivity contribution in [2.24, 2.45) is 0 Å². The second kappa shape index (κ2) is 8.28. The summed E-state index contributed by atoms with van der Waals surface area (Å²) in [6.45, 7) is 8.69. The first kappa shape index (κ1) is 15.2.